The van der Waals surface area contributed by atoms with Crippen molar-refractivity contribution in [3.05, 3.63) is 39.7 Å². The van der Waals surface area contributed by atoms with Crippen molar-refractivity contribution in [1.82, 2.24) is 0 Å². The zero-order chi connectivity index (χ0) is 15.4. The molecule has 2 aromatic rings. The molecule has 0 fully saturated rings. The Morgan fingerprint density at radius 3 is 2.71 bits per heavy atom. The molecule has 0 aliphatic rings. The Kier molecular flexibility index (Phi) is 4.81. The predicted molar refractivity (Wildman–Crippen MR) is 84.6 cm³/mol. The van der Waals surface area contributed by atoms with E-state index in [0.717, 1.165) is 15.8 Å². The molecule has 1 aromatic heterocycles. The fourth-order valence-electron chi connectivity index (χ4n) is 1.58. The van der Waals surface area contributed by atoms with Gasteiger partial charge in [0.25, 0.3) is 0 Å². The first kappa shape index (κ1) is 15.3. The topological polar surface area (TPSA) is 87.7 Å². The standard InChI is InChI=1S/C13H11BrN2O4S/c1-20-10-6-7(2-3-9(10)14)15-13(19)16-11-8(12(17)18)4-5-21-11/h2-6H,1H3,(H,17,18)(H2,15,16,19). The molecular formula is C13H11BrN2O4S. The highest BCUT2D eigenvalue weighted by molar-refractivity contribution is 9.10. The zero-order valence-corrected chi connectivity index (χ0v) is 13.2. The van der Waals surface area contributed by atoms with Gasteiger partial charge in [-0.05, 0) is 39.5 Å². The minimum absolute atomic E-state index is 0.0588. The van der Waals surface area contributed by atoms with Crippen molar-refractivity contribution >= 4 is 50.0 Å². The average molecular weight is 371 g/mol. The smallest absolute Gasteiger partial charge is 0.338 e. The summed E-state index contributed by atoms with van der Waals surface area (Å²) < 4.78 is 5.90. The highest BCUT2D eigenvalue weighted by atomic mass is 79.9. The predicted octanol–water partition coefficient (Wildman–Crippen LogP) is 3.86. The third-order valence-corrected chi connectivity index (χ3v) is 4.02. The zero-order valence-electron chi connectivity index (χ0n) is 10.8. The fourth-order valence-corrected chi connectivity index (χ4v) is 2.76. The summed E-state index contributed by atoms with van der Waals surface area (Å²) in [4.78, 5) is 22.8. The molecule has 0 radical (unpaired) electrons. The van der Waals surface area contributed by atoms with Crippen LogP contribution in [0.3, 0.4) is 0 Å². The lowest BCUT2D eigenvalue weighted by Gasteiger charge is -2.09. The lowest BCUT2D eigenvalue weighted by Crippen LogP contribution is -2.20. The molecule has 0 saturated heterocycles. The van der Waals surface area contributed by atoms with Gasteiger partial charge in [-0.1, -0.05) is 0 Å². The van der Waals surface area contributed by atoms with Gasteiger partial charge in [-0.15, -0.1) is 11.3 Å². The summed E-state index contributed by atoms with van der Waals surface area (Å²) in [6.07, 6.45) is 0. The fraction of sp³-hybridized carbons (Fsp3) is 0.0769. The number of rotatable bonds is 4. The summed E-state index contributed by atoms with van der Waals surface area (Å²) in [5.74, 6) is -0.507. The van der Waals surface area contributed by atoms with Crippen LogP contribution < -0.4 is 15.4 Å². The number of hydrogen-bond acceptors (Lipinski definition) is 4. The van der Waals surface area contributed by atoms with E-state index in [2.05, 4.69) is 26.6 Å². The maximum absolute atomic E-state index is 11.9. The van der Waals surface area contributed by atoms with Gasteiger partial charge in [0, 0.05) is 11.8 Å². The normalized spacial score (nSPS) is 10.0. The van der Waals surface area contributed by atoms with Crippen LogP contribution >= 0.6 is 27.3 Å². The first-order chi connectivity index (χ1) is 10.0. The minimum Gasteiger partial charge on any atom is -0.495 e. The van der Waals surface area contributed by atoms with Gasteiger partial charge in [-0.3, -0.25) is 5.32 Å². The average Bonchev–Trinajstić information content (AvgIpc) is 2.89. The maximum atomic E-state index is 11.9. The number of amides is 2. The second-order valence-electron chi connectivity index (χ2n) is 3.90. The van der Waals surface area contributed by atoms with E-state index in [4.69, 9.17) is 9.84 Å². The summed E-state index contributed by atoms with van der Waals surface area (Å²) in [6, 6.07) is 5.99. The van der Waals surface area contributed by atoms with Gasteiger partial charge in [0.1, 0.15) is 10.8 Å². The number of ether oxygens (including phenoxy) is 1. The summed E-state index contributed by atoms with van der Waals surface area (Å²) in [6.45, 7) is 0. The molecule has 0 spiro atoms. The van der Waals surface area contributed by atoms with Gasteiger partial charge in [-0.25, -0.2) is 9.59 Å². The third-order valence-electron chi connectivity index (χ3n) is 2.53. The highest BCUT2D eigenvalue weighted by Gasteiger charge is 2.14. The number of carbonyl (C=O) groups excluding carboxylic acids is 1. The van der Waals surface area contributed by atoms with Crippen molar-refractivity contribution in [2.75, 3.05) is 17.7 Å². The number of anilines is 2. The van der Waals surface area contributed by atoms with Crippen molar-refractivity contribution in [1.29, 1.82) is 0 Å². The van der Waals surface area contributed by atoms with E-state index < -0.39 is 12.0 Å². The monoisotopic (exact) mass is 370 g/mol. The molecular weight excluding hydrogens is 360 g/mol. The second-order valence-corrected chi connectivity index (χ2v) is 5.67. The molecule has 0 aliphatic heterocycles. The van der Waals surface area contributed by atoms with E-state index in [1.54, 1.807) is 23.6 Å². The molecule has 1 heterocycles. The van der Waals surface area contributed by atoms with Crippen LogP contribution in [-0.4, -0.2) is 24.2 Å². The van der Waals surface area contributed by atoms with Crippen LogP contribution in [0, 0.1) is 0 Å². The van der Waals surface area contributed by atoms with Crippen molar-refractivity contribution in [2.45, 2.75) is 0 Å². The molecule has 0 bridgehead atoms. The summed E-state index contributed by atoms with van der Waals surface area (Å²) in [7, 11) is 1.52. The number of benzene rings is 1. The molecule has 1 aromatic carbocycles. The lowest BCUT2D eigenvalue weighted by atomic mass is 10.3. The van der Waals surface area contributed by atoms with E-state index in [-0.39, 0.29) is 10.6 Å². The van der Waals surface area contributed by atoms with Crippen LogP contribution in [0.4, 0.5) is 15.5 Å². The number of carboxylic acids is 1. The van der Waals surface area contributed by atoms with Crippen LogP contribution in [0.1, 0.15) is 10.4 Å². The molecule has 0 unspecified atom stereocenters. The molecule has 0 atom stereocenters. The van der Waals surface area contributed by atoms with Crippen LogP contribution in [0.5, 0.6) is 5.75 Å². The Bertz CT molecular complexity index is 687. The Labute approximate surface area is 132 Å². The van der Waals surface area contributed by atoms with Crippen molar-refractivity contribution in [2.24, 2.45) is 0 Å². The molecule has 0 aliphatic carbocycles. The quantitative estimate of drug-likeness (QED) is 0.762. The van der Waals surface area contributed by atoms with E-state index >= 15 is 0 Å². The first-order valence-electron chi connectivity index (χ1n) is 5.73. The maximum Gasteiger partial charge on any atom is 0.338 e. The number of carboxylic acid groups (broad SMARTS) is 1. The van der Waals surface area contributed by atoms with E-state index in [1.807, 2.05) is 0 Å². The molecule has 0 saturated carbocycles. The largest absolute Gasteiger partial charge is 0.495 e. The lowest BCUT2D eigenvalue weighted by molar-refractivity contribution is 0.0698. The molecule has 2 rings (SSSR count). The summed E-state index contributed by atoms with van der Waals surface area (Å²) in [5.41, 5.74) is 0.588. The number of urea groups is 1. The van der Waals surface area contributed by atoms with Gasteiger partial charge in [-0.2, -0.15) is 0 Å². The number of thiophene rings is 1. The Morgan fingerprint density at radius 2 is 2.05 bits per heavy atom. The molecule has 2 amide bonds. The van der Waals surface area contributed by atoms with Crippen LogP contribution in [-0.2, 0) is 0 Å². The van der Waals surface area contributed by atoms with Gasteiger partial charge in [0.05, 0.1) is 17.1 Å². The molecule has 110 valence electrons. The molecule has 6 nitrogen and oxygen atoms in total. The molecule has 8 heteroatoms. The number of carbonyl (C=O) groups is 2. The number of aromatic carboxylic acids is 1. The number of hydrogen-bond donors (Lipinski definition) is 3. The highest BCUT2D eigenvalue weighted by Crippen LogP contribution is 2.28. The van der Waals surface area contributed by atoms with Gasteiger partial charge in [0.15, 0.2) is 0 Å². The summed E-state index contributed by atoms with van der Waals surface area (Å²) in [5, 5.41) is 16.0. The van der Waals surface area contributed by atoms with Crippen molar-refractivity contribution < 1.29 is 19.4 Å². The Morgan fingerprint density at radius 1 is 1.29 bits per heavy atom. The number of halogens is 1. The van der Waals surface area contributed by atoms with E-state index in [1.165, 1.54) is 13.2 Å². The van der Waals surface area contributed by atoms with Crippen LogP contribution in [0.25, 0.3) is 0 Å². The van der Waals surface area contributed by atoms with Gasteiger partial charge in [0.2, 0.25) is 0 Å². The van der Waals surface area contributed by atoms with Gasteiger partial charge >= 0.3 is 12.0 Å². The molecule has 21 heavy (non-hydrogen) atoms. The third kappa shape index (κ3) is 3.73. The summed E-state index contributed by atoms with van der Waals surface area (Å²) >= 11 is 4.46. The van der Waals surface area contributed by atoms with E-state index in [9.17, 15) is 9.59 Å². The van der Waals surface area contributed by atoms with Crippen molar-refractivity contribution in [3.8, 4) is 5.75 Å². The van der Waals surface area contributed by atoms with Crippen LogP contribution in [0.2, 0.25) is 0 Å². The minimum atomic E-state index is -1.09. The Hall–Kier alpha value is -2.06. The van der Waals surface area contributed by atoms with Crippen molar-refractivity contribution in [3.63, 3.8) is 0 Å². The number of methoxy groups -OCH3 is 1. The molecule has 3 N–H and O–H groups in total. The van der Waals surface area contributed by atoms with E-state index in [0.29, 0.717) is 11.4 Å². The SMILES string of the molecule is COc1cc(NC(=O)Nc2sccc2C(=O)O)ccc1Br. The van der Waals surface area contributed by atoms with Crippen LogP contribution in [0.15, 0.2) is 34.1 Å². The second kappa shape index (κ2) is 6.59. The first-order valence-corrected chi connectivity index (χ1v) is 7.41. The Balaban J connectivity index is 2.08. The number of nitrogens with one attached hydrogen (secondary N) is 2. The van der Waals surface area contributed by atoms with Gasteiger partial charge < -0.3 is 15.2 Å².